The highest BCUT2D eigenvalue weighted by atomic mass is 14.9. The smallest absolute Gasteiger partial charge is 0.119 e. The third-order valence-electron chi connectivity index (χ3n) is 0.690. The molecule has 0 bridgehead atoms. The van der Waals surface area contributed by atoms with Gasteiger partial charge in [-0.2, -0.15) is 0 Å². The van der Waals surface area contributed by atoms with Crippen LogP contribution in [0.25, 0.3) is 0 Å². The van der Waals surface area contributed by atoms with E-state index in [2.05, 4.69) is 16.6 Å². The van der Waals surface area contributed by atoms with Crippen molar-refractivity contribution in [3.8, 4) is 0 Å². The van der Waals surface area contributed by atoms with Gasteiger partial charge in [-0.3, -0.25) is 4.99 Å². The van der Waals surface area contributed by atoms with Crippen molar-refractivity contribution in [3.63, 3.8) is 0 Å². The van der Waals surface area contributed by atoms with Crippen molar-refractivity contribution in [3.05, 3.63) is 12.7 Å². The Balaban J connectivity index is -0.000000175. The molecule has 0 fully saturated rings. The topological polar surface area (TPSA) is 24.7 Å². The molecule has 0 saturated heterocycles. The van der Waals surface area contributed by atoms with Crippen LogP contribution >= 0.6 is 0 Å². The molecule has 0 unspecified atom stereocenters. The number of hydrogen-bond acceptors (Lipinski definition) is 1. The van der Waals surface area contributed by atoms with Crippen LogP contribution in [0.15, 0.2) is 22.6 Å². The molecule has 12 heavy (non-hydrogen) atoms. The van der Waals surface area contributed by atoms with Crippen LogP contribution < -0.4 is 0 Å². The van der Waals surface area contributed by atoms with E-state index in [0.29, 0.717) is 0 Å². The summed E-state index contributed by atoms with van der Waals surface area (Å²) in [7, 11) is 1.70. The van der Waals surface area contributed by atoms with Gasteiger partial charge in [-0.15, -0.1) is 0 Å². The van der Waals surface area contributed by atoms with Gasteiger partial charge in [0.15, 0.2) is 0 Å². The highest BCUT2D eigenvalue weighted by molar-refractivity contribution is 5.90. The van der Waals surface area contributed by atoms with E-state index in [0.717, 1.165) is 5.84 Å². The predicted octanol–water partition coefficient (Wildman–Crippen LogP) is 3.34. The summed E-state index contributed by atoms with van der Waals surface area (Å²) < 4.78 is 0. The average Bonchev–Trinajstić information content (AvgIpc) is 2.20. The molecule has 0 heterocycles. The van der Waals surface area contributed by atoms with E-state index in [4.69, 9.17) is 0 Å². The van der Waals surface area contributed by atoms with Gasteiger partial charge in [-0.25, -0.2) is 4.99 Å². The van der Waals surface area contributed by atoms with Gasteiger partial charge >= 0.3 is 0 Å². The average molecular weight is 170 g/mol. The predicted molar refractivity (Wildman–Crippen MR) is 60.4 cm³/mol. The molecule has 0 aliphatic carbocycles. The Morgan fingerprint density at radius 2 is 1.58 bits per heavy atom. The highest BCUT2D eigenvalue weighted by Crippen LogP contribution is 1.73. The molecule has 0 N–H and O–H groups in total. The molecular weight excluding hydrogens is 148 g/mol. The largest absolute Gasteiger partial charge is 0.274 e. The first-order valence-corrected chi connectivity index (χ1v) is 4.39. The Hall–Kier alpha value is -0.920. The van der Waals surface area contributed by atoms with E-state index in [9.17, 15) is 0 Å². The number of amidine groups is 1. The van der Waals surface area contributed by atoms with Gasteiger partial charge < -0.3 is 0 Å². The quantitative estimate of drug-likeness (QED) is 0.426. The monoisotopic (exact) mass is 170 g/mol. The minimum absolute atomic E-state index is 0.768. The second-order valence-electron chi connectivity index (χ2n) is 1.28. The fraction of sp³-hybridized carbons (Fsp3) is 0.600. The summed E-state index contributed by atoms with van der Waals surface area (Å²) in [6.45, 7) is 13.3. The van der Waals surface area contributed by atoms with Crippen molar-refractivity contribution in [2.75, 3.05) is 7.05 Å². The summed E-state index contributed by atoms with van der Waals surface area (Å²) in [5.41, 5.74) is 0. The Kier molecular flexibility index (Phi) is 32.3. The van der Waals surface area contributed by atoms with Gasteiger partial charge in [0.2, 0.25) is 0 Å². The van der Waals surface area contributed by atoms with Gasteiger partial charge in [0.25, 0.3) is 0 Å². The molecule has 72 valence electrons. The van der Waals surface area contributed by atoms with Crippen molar-refractivity contribution in [1.29, 1.82) is 0 Å². The third-order valence-corrected chi connectivity index (χ3v) is 0.690. The molecule has 0 radical (unpaired) electrons. The summed E-state index contributed by atoms with van der Waals surface area (Å²) in [4.78, 5) is 7.66. The molecule has 0 spiro atoms. The first kappa shape index (κ1) is 17.2. The highest BCUT2D eigenvalue weighted by Gasteiger charge is 1.73. The van der Waals surface area contributed by atoms with Gasteiger partial charge in [0.1, 0.15) is 5.84 Å². The lowest BCUT2D eigenvalue weighted by molar-refractivity contribution is 1.38. The van der Waals surface area contributed by atoms with E-state index in [-0.39, 0.29) is 0 Å². The second-order valence-corrected chi connectivity index (χ2v) is 1.28. The molecule has 2 heteroatoms. The van der Waals surface area contributed by atoms with Crippen LogP contribution in [-0.2, 0) is 0 Å². The van der Waals surface area contributed by atoms with Crippen LogP contribution in [0.5, 0.6) is 0 Å². The Bertz CT molecular complexity index is 124. The molecule has 0 rings (SSSR count). The van der Waals surface area contributed by atoms with E-state index < -0.39 is 0 Å². The zero-order valence-corrected chi connectivity index (χ0v) is 9.26. The molecule has 0 aromatic carbocycles. The van der Waals surface area contributed by atoms with Gasteiger partial charge in [-0.05, 0) is 6.92 Å². The zero-order chi connectivity index (χ0) is 10.4. The third kappa shape index (κ3) is 23.0. The maximum atomic E-state index is 3.87. The number of hydrogen-bond donors (Lipinski definition) is 0. The van der Waals surface area contributed by atoms with Gasteiger partial charge in [0.05, 0.1) is 0 Å². The van der Waals surface area contributed by atoms with Crippen molar-refractivity contribution < 1.29 is 0 Å². The molecule has 0 saturated carbocycles. The Morgan fingerprint density at radius 3 is 1.83 bits per heavy atom. The maximum absolute atomic E-state index is 3.87. The number of rotatable bonds is 1. The van der Waals surface area contributed by atoms with E-state index in [1.54, 1.807) is 19.3 Å². The molecule has 0 amide bonds. The van der Waals surface area contributed by atoms with Crippen LogP contribution in [0.3, 0.4) is 0 Å². The summed E-state index contributed by atoms with van der Waals surface area (Å²) >= 11 is 0. The molecule has 0 aliphatic heterocycles. The lowest BCUT2D eigenvalue weighted by Crippen LogP contribution is -1.82. The molecular formula is C10H22N2. The van der Waals surface area contributed by atoms with E-state index >= 15 is 0 Å². The zero-order valence-electron chi connectivity index (χ0n) is 9.26. The van der Waals surface area contributed by atoms with Crippen LogP contribution in [0, 0.1) is 0 Å². The van der Waals surface area contributed by atoms with Crippen molar-refractivity contribution in [2.24, 2.45) is 9.98 Å². The summed E-state index contributed by atoms with van der Waals surface area (Å²) in [5.74, 6) is 0.768. The minimum atomic E-state index is 0.768. The first-order valence-electron chi connectivity index (χ1n) is 4.39. The van der Waals surface area contributed by atoms with Crippen LogP contribution in [0.1, 0.15) is 34.6 Å². The molecule has 2 nitrogen and oxygen atoms in total. The maximum Gasteiger partial charge on any atom is 0.119 e. The Morgan fingerprint density at radius 1 is 1.17 bits per heavy atom. The molecule has 0 aliphatic rings. The van der Waals surface area contributed by atoms with Crippen molar-refractivity contribution in [1.82, 2.24) is 0 Å². The summed E-state index contributed by atoms with van der Waals surface area (Å²) in [5, 5.41) is 0. The summed E-state index contributed by atoms with van der Waals surface area (Å²) in [6, 6.07) is 0. The number of aliphatic imine (C=N–C) groups is 2. The van der Waals surface area contributed by atoms with Crippen LogP contribution in [0.2, 0.25) is 0 Å². The fourth-order valence-corrected chi connectivity index (χ4v) is 0.218. The van der Waals surface area contributed by atoms with Crippen molar-refractivity contribution >= 4 is 12.1 Å². The fourth-order valence-electron chi connectivity index (χ4n) is 0.218. The molecule has 0 aromatic heterocycles. The lowest BCUT2D eigenvalue weighted by Gasteiger charge is -1.81. The standard InChI is InChI=1S/C6H10N2.2C2H6/c1-4-5-8-6(2)7-3;2*1-2/h4-5H,1H2,2-3H3;2*1-2H3. The van der Waals surface area contributed by atoms with Crippen LogP contribution in [-0.4, -0.2) is 19.1 Å². The molecule has 0 atom stereocenters. The lowest BCUT2D eigenvalue weighted by atomic mass is 10.6. The summed E-state index contributed by atoms with van der Waals surface area (Å²) in [6.07, 6.45) is 3.23. The minimum Gasteiger partial charge on any atom is -0.274 e. The van der Waals surface area contributed by atoms with E-state index in [1.165, 1.54) is 0 Å². The van der Waals surface area contributed by atoms with Gasteiger partial charge in [-0.1, -0.05) is 40.3 Å². The second kappa shape index (κ2) is 22.5. The normalized spacial score (nSPS) is 9.33. The first-order chi connectivity index (χ1) is 5.81. The Labute approximate surface area is 77.1 Å². The van der Waals surface area contributed by atoms with E-state index in [1.807, 2.05) is 34.6 Å². The van der Waals surface area contributed by atoms with Crippen LogP contribution in [0.4, 0.5) is 0 Å². The number of nitrogens with zero attached hydrogens (tertiary/aromatic N) is 2. The SMILES string of the molecule is C=CC=NC(C)=NC.CC.CC. The number of allylic oxidation sites excluding steroid dienone is 1. The van der Waals surface area contributed by atoms with Crippen molar-refractivity contribution in [2.45, 2.75) is 34.6 Å². The molecule has 0 aromatic rings. The van der Waals surface area contributed by atoms with Gasteiger partial charge in [0, 0.05) is 13.3 Å².